The second kappa shape index (κ2) is 10.7. The van der Waals surface area contributed by atoms with E-state index in [9.17, 15) is 13.2 Å². The van der Waals surface area contributed by atoms with Crippen LogP contribution in [-0.4, -0.2) is 40.9 Å². The van der Waals surface area contributed by atoms with E-state index < -0.39 is 6.36 Å². The summed E-state index contributed by atoms with van der Waals surface area (Å²) in [6, 6.07) is 4.15. The van der Waals surface area contributed by atoms with Crippen LogP contribution in [0, 0.1) is 0 Å². The number of alkyl halides is 3. The molecule has 36 heavy (non-hydrogen) atoms. The van der Waals surface area contributed by atoms with E-state index in [1.807, 2.05) is 23.4 Å². The standard InChI is InChI=1S/C26H28F3N5OS/c1-5-18(8-7-17(3)35-26(27,28)29)22-16-36-25(32-22)33(4)24-21(6-2)31-23-10-9-20(15-34(23)24)19-11-13-30-14-12-19/h5,7-11,15-16,30H,1,6,12-14H2,2-4H3/b17-7+,18-8+. The highest BCUT2D eigenvalue weighted by Gasteiger charge is 2.30. The van der Waals surface area contributed by atoms with Gasteiger partial charge in [0.05, 0.1) is 11.4 Å². The Balaban J connectivity index is 1.67. The first kappa shape index (κ1) is 25.7. The third-order valence-electron chi connectivity index (χ3n) is 5.82. The normalized spacial score (nSPS) is 15.2. The van der Waals surface area contributed by atoms with Crippen molar-refractivity contribution in [1.82, 2.24) is 19.7 Å². The number of nitrogens with zero attached hydrogens (tertiary/aromatic N) is 4. The molecule has 0 aromatic carbocycles. The molecular formula is C26H28F3N5OS. The number of hydrogen-bond donors (Lipinski definition) is 1. The SMILES string of the molecule is C=C/C(=C\C=C(/C)OC(F)(F)F)c1csc(N(C)c2c(CC)nc3ccc(C4=CCNCC4)cn23)n1. The molecule has 0 saturated heterocycles. The molecule has 6 nitrogen and oxygen atoms in total. The molecule has 1 N–H and O–H groups in total. The Morgan fingerprint density at radius 2 is 2.11 bits per heavy atom. The van der Waals surface area contributed by atoms with Crippen molar-refractivity contribution in [1.29, 1.82) is 0 Å². The third-order valence-corrected chi connectivity index (χ3v) is 6.74. The lowest BCUT2D eigenvalue weighted by atomic mass is 10.0. The predicted molar refractivity (Wildman–Crippen MR) is 139 cm³/mol. The number of halogens is 3. The van der Waals surface area contributed by atoms with Gasteiger partial charge in [0.15, 0.2) is 5.13 Å². The second-order valence-electron chi connectivity index (χ2n) is 8.29. The van der Waals surface area contributed by atoms with Crippen LogP contribution in [0.2, 0.25) is 0 Å². The number of imidazole rings is 1. The van der Waals surface area contributed by atoms with Crippen LogP contribution in [0.1, 0.15) is 37.2 Å². The minimum atomic E-state index is -4.73. The average Bonchev–Trinajstić information content (AvgIpc) is 3.48. The van der Waals surface area contributed by atoms with E-state index in [4.69, 9.17) is 9.97 Å². The fourth-order valence-electron chi connectivity index (χ4n) is 4.07. The number of nitrogens with one attached hydrogen (secondary N) is 1. The first-order valence-electron chi connectivity index (χ1n) is 11.6. The number of aromatic nitrogens is 3. The van der Waals surface area contributed by atoms with E-state index in [0.717, 1.165) is 48.2 Å². The predicted octanol–water partition coefficient (Wildman–Crippen LogP) is 6.51. The first-order chi connectivity index (χ1) is 17.2. The Kier molecular flexibility index (Phi) is 7.65. The number of anilines is 2. The van der Waals surface area contributed by atoms with Crippen LogP contribution in [-0.2, 0) is 11.2 Å². The molecule has 0 unspecified atom stereocenters. The summed E-state index contributed by atoms with van der Waals surface area (Å²) in [4.78, 5) is 11.6. The highest BCUT2D eigenvalue weighted by molar-refractivity contribution is 7.13. The lowest BCUT2D eigenvalue weighted by Gasteiger charge is -2.18. The fourth-order valence-corrected chi connectivity index (χ4v) is 4.87. The van der Waals surface area contributed by atoms with Gasteiger partial charge in [-0.15, -0.1) is 24.5 Å². The molecule has 3 aromatic heterocycles. The van der Waals surface area contributed by atoms with Crippen LogP contribution in [0.3, 0.4) is 0 Å². The summed E-state index contributed by atoms with van der Waals surface area (Å²) in [6.45, 7) is 8.92. The zero-order valence-corrected chi connectivity index (χ0v) is 21.2. The molecule has 1 aliphatic heterocycles. The minimum Gasteiger partial charge on any atom is -0.411 e. The summed E-state index contributed by atoms with van der Waals surface area (Å²) in [5, 5.41) is 5.93. The maximum atomic E-state index is 12.4. The highest BCUT2D eigenvalue weighted by atomic mass is 32.1. The lowest BCUT2D eigenvalue weighted by molar-refractivity contribution is -0.305. The van der Waals surface area contributed by atoms with Gasteiger partial charge in [0, 0.05) is 30.7 Å². The average molecular weight is 516 g/mol. The molecule has 0 radical (unpaired) electrons. The smallest absolute Gasteiger partial charge is 0.411 e. The summed E-state index contributed by atoms with van der Waals surface area (Å²) in [7, 11) is 1.94. The third kappa shape index (κ3) is 5.71. The molecule has 0 bridgehead atoms. The van der Waals surface area contributed by atoms with Gasteiger partial charge >= 0.3 is 6.36 Å². The van der Waals surface area contributed by atoms with Crippen molar-refractivity contribution in [2.24, 2.45) is 0 Å². The fraction of sp³-hybridized carbons (Fsp3) is 0.308. The molecular weight excluding hydrogens is 487 g/mol. The van der Waals surface area contributed by atoms with Gasteiger partial charge < -0.3 is 15.0 Å². The van der Waals surface area contributed by atoms with Crippen LogP contribution < -0.4 is 10.2 Å². The minimum absolute atomic E-state index is 0.271. The molecule has 0 saturated carbocycles. The number of pyridine rings is 1. The summed E-state index contributed by atoms with van der Waals surface area (Å²) in [5.74, 6) is 0.663. The van der Waals surface area contributed by atoms with E-state index in [1.54, 1.807) is 6.08 Å². The van der Waals surface area contributed by atoms with E-state index in [2.05, 4.69) is 46.3 Å². The van der Waals surface area contributed by atoms with Crippen molar-refractivity contribution in [2.45, 2.75) is 33.1 Å². The summed E-state index contributed by atoms with van der Waals surface area (Å²) in [5.41, 5.74) is 5.49. The van der Waals surface area contributed by atoms with Gasteiger partial charge in [0.1, 0.15) is 17.2 Å². The van der Waals surface area contributed by atoms with Gasteiger partial charge in [-0.1, -0.05) is 25.7 Å². The summed E-state index contributed by atoms with van der Waals surface area (Å²) >= 11 is 1.44. The maximum Gasteiger partial charge on any atom is 0.572 e. The van der Waals surface area contributed by atoms with Crippen molar-refractivity contribution in [2.75, 3.05) is 25.0 Å². The molecule has 0 aliphatic carbocycles. The lowest BCUT2D eigenvalue weighted by Crippen LogP contribution is -2.20. The number of ether oxygens (including phenoxy) is 1. The van der Waals surface area contributed by atoms with Crippen LogP contribution in [0.15, 0.2) is 60.4 Å². The molecule has 0 fully saturated rings. The Hall–Kier alpha value is -3.37. The zero-order valence-electron chi connectivity index (χ0n) is 20.4. The van der Waals surface area contributed by atoms with E-state index >= 15 is 0 Å². The van der Waals surface area contributed by atoms with Gasteiger partial charge in [0.25, 0.3) is 0 Å². The molecule has 10 heteroatoms. The van der Waals surface area contributed by atoms with Gasteiger partial charge in [-0.05, 0) is 61.7 Å². The molecule has 0 atom stereocenters. The summed E-state index contributed by atoms with van der Waals surface area (Å²) in [6.07, 6.45) is 5.67. The number of hydrogen-bond acceptors (Lipinski definition) is 6. The number of thiazole rings is 1. The largest absolute Gasteiger partial charge is 0.572 e. The molecule has 3 aromatic rings. The Labute approximate surface area is 212 Å². The van der Waals surface area contributed by atoms with Gasteiger partial charge in [-0.25, -0.2) is 9.97 Å². The van der Waals surface area contributed by atoms with Crippen molar-refractivity contribution in [3.8, 4) is 0 Å². The number of fused-ring (bicyclic) bond motifs is 1. The number of rotatable bonds is 8. The topological polar surface area (TPSA) is 54.7 Å². The first-order valence-corrected chi connectivity index (χ1v) is 12.5. The molecule has 0 spiro atoms. The van der Waals surface area contributed by atoms with Crippen molar-refractivity contribution in [3.63, 3.8) is 0 Å². The Morgan fingerprint density at radius 3 is 2.78 bits per heavy atom. The van der Waals surface area contributed by atoms with Gasteiger partial charge in [0.2, 0.25) is 0 Å². The summed E-state index contributed by atoms with van der Waals surface area (Å²) < 4.78 is 43.3. The van der Waals surface area contributed by atoms with Gasteiger partial charge in [-0.3, -0.25) is 4.40 Å². The van der Waals surface area contributed by atoms with Crippen LogP contribution in [0.5, 0.6) is 0 Å². The van der Waals surface area contributed by atoms with Crippen molar-refractivity contribution in [3.05, 3.63) is 77.3 Å². The molecule has 0 amide bonds. The Morgan fingerprint density at radius 1 is 1.31 bits per heavy atom. The van der Waals surface area contributed by atoms with E-state index in [-0.39, 0.29) is 5.76 Å². The number of aryl methyl sites for hydroxylation is 1. The van der Waals surface area contributed by atoms with Crippen LogP contribution >= 0.6 is 11.3 Å². The second-order valence-corrected chi connectivity index (χ2v) is 9.13. The Bertz CT molecular complexity index is 1350. The molecule has 1 aliphatic rings. The quantitative estimate of drug-likeness (QED) is 0.274. The van der Waals surface area contributed by atoms with E-state index in [0.29, 0.717) is 11.3 Å². The van der Waals surface area contributed by atoms with Crippen molar-refractivity contribution < 1.29 is 17.9 Å². The molecule has 4 rings (SSSR count). The molecule has 4 heterocycles. The monoisotopic (exact) mass is 515 g/mol. The van der Waals surface area contributed by atoms with Crippen molar-refractivity contribution >= 4 is 39.1 Å². The van der Waals surface area contributed by atoms with Crippen LogP contribution in [0.4, 0.5) is 24.1 Å². The maximum absolute atomic E-state index is 12.4. The van der Waals surface area contributed by atoms with E-state index in [1.165, 1.54) is 41.5 Å². The van der Waals surface area contributed by atoms with Crippen LogP contribution in [0.25, 0.3) is 16.8 Å². The molecule has 190 valence electrons. The number of allylic oxidation sites excluding steroid dienone is 5. The zero-order chi connectivity index (χ0) is 25.9. The van der Waals surface area contributed by atoms with Gasteiger partial charge in [-0.2, -0.15) is 0 Å². The highest BCUT2D eigenvalue weighted by Crippen LogP contribution is 2.34.